The van der Waals surface area contributed by atoms with Crippen LogP contribution < -0.4 is 10.1 Å². The van der Waals surface area contributed by atoms with E-state index < -0.39 is 15.8 Å². The summed E-state index contributed by atoms with van der Waals surface area (Å²) < 4.78 is 38.4. The highest BCUT2D eigenvalue weighted by Crippen LogP contribution is 2.26. The Morgan fingerprint density at radius 1 is 0.661 bits per heavy atom. The van der Waals surface area contributed by atoms with Gasteiger partial charge >= 0.3 is 5.97 Å². The van der Waals surface area contributed by atoms with Gasteiger partial charge in [0.25, 0.3) is 11.4 Å². The molecule has 0 spiro atoms. The number of aromatic amines is 1. The fourth-order valence-electron chi connectivity index (χ4n) is 5.13. The molecule has 0 radical (unpaired) electrons. The maximum atomic E-state index is 12.1. The Balaban J connectivity index is 1.02. The lowest BCUT2D eigenvalue weighted by atomic mass is 10.1. The third-order valence-corrected chi connectivity index (χ3v) is 7.96. The number of ketones is 1. The minimum absolute atomic E-state index is 0.0163. The van der Waals surface area contributed by atoms with Crippen LogP contribution in [0.4, 0.5) is 11.4 Å². The van der Waals surface area contributed by atoms with E-state index in [1.807, 2.05) is 0 Å². The molecule has 308 valence electrons. The van der Waals surface area contributed by atoms with Crippen molar-refractivity contribution in [2.45, 2.75) is 38.5 Å². The molecule has 0 aliphatic carbocycles. The second-order valence-corrected chi connectivity index (χ2v) is 12.2. The number of carboxylic acids is 1. The van der Waals surface area contributed by atoms with Crippen LogP contribution >= 0.6 is 0 Å². The number of ether oxygens (including phenoxy) is 7. The van der Waals surface area contributed by atoms with Gasteiger partial charge in [-0.25, -0.2) is 4.79 Å². The lowest BCUT2D eigenvalue weighted by molar-refractivity contribution is -0.394. The highest BCUT2D eigenvalue weighted by Gasteiger charge is 2.19. The van der Waals surface area contributed by atoms with E-state index in [-0.39, 0.29) is 41.6 Å². The van der Waals surface area contributed by atoms with Crippen molar-refractivity contribution in [2.24, 2.45) is 0 Å². The van der Waals surface area contributed by atoms with Crippen LogP contribution in [-0.4, -0.2) is 130 Å². The number of hydrogen-bond donors (Lipinski definition) is 3. The van der Waals surface area contributed by atoms with Crippen molar-refractivity contribution in [1.29, 1.82) is 0 Å². The third kappa shape index (κ3) is 18.5. The molecule has 0 bridgehead atoms. The number of amides is 1. The number of nitro benzene ring substituents is 2. The zero-order valence-electron chi connectivity index (χ0n) is 31.2. The first-order valence-electron chi connectivity index (χ1n) is 18.3. The van der Waals surface area contributed by atoms with Gasteiger partial charge in [-0.15, -0.1) is 0 Å². The summed E-state index contributed by atoms with van der Waals surface area (Å²) in [4.78, 5) is 58.8. The van der Waals surface area contributed by atoms with Crippen LogP contribution in [0.3, 0.4) is 0 Å². The summed E-state index contributed by atoms with van der Waals surface area (Å²) in [6, 6.07) is 10.4. The number of carbonyl (C=O) groups excluding carboxylic acids is 2. The molecule has 19 nitrogen and oxygen atoms in total. The van der Waals surface area contributed by atoms with E-state index in [0.717, 1.165) is 17.0 Å². The fraction of sp³-hybridized carbons (Fsp3) is 0.541. The first-order valence-corrected chi connectivity index (χ1v) is 18.3. The number of non-ortho nitro benzene ring substituents is 1. The predicted octanol–water partition coefficient (Wildman–Crippen LogP) is 4.04. The summed E-state index contributed by atoms with van der Waals surface area (Å²) in [5, 5.41) is 34.6. The number of aromatic carboxylic acids is 1. The van der Waals surface area contributed by atoms with Gasteiger partial charge in [0.05, 0.1) is 82.0 Å². The van der Waals surface area contributed by atoms with E-state index in [9.17, 15) is 34.6 Å². The number of H-pyrrole nitrogens is 1. The number of carbonyl (C=O) groups is 3. The molecular weight excluding hydrogens is 740 g/mol. The van der Waals surface area contributed by atoms with Gasteiger partial charge in [0.15, 0.2) is 0 Å². The molecular formula is C37H50N4O15. The molecule has 3 N–H and O–H groups in total. The summed E-state index contributed by atoms with van der Waals surface area (Å²) in [5.41, 5.74) is 0.645. The topological polar surface area (TPSA) is 250 Å². The second kappa shape index (κ2) is 26.7. The predicted molar refractivity (Wildman–Crippen MR) is 200 cm³/mol. The number of rotatable bonds is 33. The van der Waals surface area contributed by atoms with Crippen molar-refractivity contribution >= 4 is 39.9 Å². The number of benzene rings is 2. The van der Waals surface area contributed by atoms with Crippen molar-refractivity contribution in [1.82, 2.24) is 10.3 Å². The average molecular weight is 791 g/mol. The molecule has 0 fully saturated rings. The number of fused-ring (bicyclic) bond motifs is 1. The van der Waals surface area contributed by atoms with Crippen molar-refractivity contribution < 1.29 is 62.5 Å². The molecule has 0 aliphatic rings. The molecule has 19 heteroatoms. The van der Waals surface area contributed by atoms with Crippen molar-refractivity contribution in [3.63, 3.8) is 0 Å². The lowest BCUT2D eigenvalue weighted by Gasteiger charge is -2.09. The van der Waals surface area contributed by atoms with Gasteiger partial charge in [-0.05, 0) is 49.6 Å². The Labute approximate surface area is 323 Å². The van der Waals surface area contributed by atoms with Gasteiger partial charge in [-0.1, -0.05) is 0 Å². The summed E-state index contributed by atoms with van der Waals surface area (Å²) in [6.07, 6.45) is 1.98. The lowest BCUT2D eigenvalue weighted by Crippen LogP contribution is -2.28. The minimum Gasteiger partial charge on any atom is -0.491 e. The number of Topliss-reactive ketones (excluding diaryl/α,β-unsaturated/α-hetero) is 1. The van der Waals surface area contributed by atoms with E-state index in [0.29, 0.717) is 129 Å². The fourth-order valence-corrected chi connectivity index (χ4v) is 5.13. The van der Waals surface area contributed by atoms with Crippen LogP contribution in [0.1, 0.15) is 48.2 Å². The highest BCUT2D eigenvalue weighted by atomic mass is 16.6. The van der Waals surface area contributed by atoms with Crippen molar-refractivity contribution in [3.05, 3.63) is 74.0 Å². The largest absolute Gasteiger partial charge is 0.491 e. The van der Waals surface area contributed by atoms with Gasteiger partial charge in [0.1, 0.15) is 23.8 Å². The molecule has 1 amide bonds. The number of aromatic nitrogens is 1. The van der Waals surface area contributed by atoms with E-state index in [2.05, 4.69) is 10.3 Å². The number of aryl methyl sites for hydroxylation is 1. The minimum atomic E-state index is -1.02. The van der Waals surface area contributed by atoms with Crippen LogP contribution in [0.5, 0.6) is 5.75 Å². The molecule has 56 heavy (non-hydrogen) atoms. The molecule has 1 heterocycles. The normalized spacial score (nSPS) is 11.1. The van der Waals surface area contributed by atoms with E-state index in [1.165, 1.54) is 12.1 Å². The van der Waals surface area contributed by atoms with E-state index >= 15 is 0 Å². The van der Waals surface area contributed by atoms with Gasteiger partial charge < -0.3 is 48.6 Å². The zero-order valence-corrected chi connectivity index (χ0v) is 31.2. The Hall–Kier alpha value is -5.05. The number of carboxylic acid groups (broad SMARTS) is 1. The summed E-state index contributed by atoms with van der Waals surface area (Å²) in [5.74, 6) is -0.641. The van der Waals surface area contributed by atoms with Gasteiger partial charge in [0.2, 0.25) is 5.91 Å². The maximum absolute atomic E-state index is 12.1. The van der Waals surface area contributed by atoms with Crippen LogP contribution in [0.15, 0.2) is 42.5 Å². The van der Waals surface area contributed by atoms with Crippen LogP contribution in [-0.2, 0) is 44.4 Å². The smallest absolute Gasteiger partial charge is 0.352 e. The molecule has 2 aromatic carbocycles. The Morgan fingerprint density at radius 3 is 1.89 bits per heavy atom. The molecule has 3 aromatic rings. The quantitative estimate of drug-likeness (QED) is 0.0447. The SMILES string of the molecule is O=C(CCCOCCOCCOCCCc1ccc([N+](=O)[O-])cc1[N+](=O)[O-])CCC(=O)NCCOCCOCCOCCOc1ccc2[nH]c(C(=O)O)cc2c1. The monoisotopic (exact) mass is 790 g/mol. The zero-order chi connectivity index (χ0) is 40.4. The van der Waals surface area contributed by atoms with Gasteiger partial charge in [-0.2, -0.15) is 0 Å². The molecule has 1 aromatic heterocycles. The molecule has 0 aliphatic heterocycles. The standard InChI is InChI=1S/C37H50N4O15/c42-31(4-2-13-51-16-19-53-18-15-50-12-1-3-28-5-6-30(40(46)47)27-35(28)41(48)49)7-10-36(43)38-11-14-52-17-20-54-21-22-55-23-24-56-32-8-9-33-29(25-32)26-34(39-33)37(44)45/h5-6,8-9,25-27,39H,1-4,7,10-24H2,(H,38,43)(H,44,45). The van der Waals surface area contributed by atoms with Crippen LogP contribution in [0.2, 0.25) is 0 Å². The van der Waals surface area contributed by atoms with E-state index in [1.54, 1.807) is 24.3 Å². The van der Waals surface area contributed by atoms with Crippen LogP contribution in [0, 0.1) is 20.2 Å². The van der Waals surface area contributed by atoms with Crippen LogP contribution in [0.25, 0.3) is 10.9 Å². The molecule has 0 saturated carbocycles. The Kier molecular flexibility index (Phi) is 21.6. The van der Waals surface area contributed by atoms with Crippen molar-refractivity contribution in [2.75, 3.05) is 92.4 Å². The third-order valence-electron chi connectivity index (χ3n) is 7.96. The molecule has 0 atom stereocenters. The van der Waals surface area contributed by atoms with E-state index in [4.69, 9.17) is 38.3 Å². The van der Waals surface area contributed by atoms with Gasteiger partial charge in [0, 0.05) is 61.6 Å². The first-order chi connectivity index (χ1) is 27.1. The number of nitrogens with zero attached hydrogens (tertiary/aromatic N) is 2. The summed E-state index contributed by atoms with van der Waals surface area (Å²) >= 11 is 0. The van der Waals surface area contributed by atoms with Gasteiger partial charge in [-0.3, -0.25) is 29.8 Å². The second-order valence-electron chi connectivity index (χ2n) is 12.2. The Morgan fingerprint density at radius 2 is 1.27 bits per heavy atom. The number of hydrogen-bond acceptors (Lipinski definition) is 14. The number of nitrogens with one attached hydrogen (secondary N) is 2. The summed E-state index contributed by atoms with van der Waals surface area (Å²) in [6.45, 7) is 4.97. The highest BCUT2D eigenvalue weighted by molar-refractivity contribution is 5.94. The molecule has 3 rings (SSSR count). The Bertz CT molecular complexity index is 1680. The maximum Gasteiger partial charge on any atom is 0.352 e. The summed E-state index contributed by atoms with van der Waals surface area (Å²) in [7, 11) is 0. The number of nitro groups is 2. The average Bonchev–Trinajstić information content (AvgIpc) is 3.61. The first kappa shape index (κ1) is 45.3. The molecule has 0 unspecified atom stereocenters. The van der Waals surface area contributed by atoms with Crippen molar-refractivity contribution in [3.8, 4) is 5.75 Å². The molecule has 0 saturated heterocycles.